The minimum absolute atomic E-state index is 0.0781. The largest absolute Gasteiger partial charge is 0.489 e. The molecule has 1 spiro atoms. The number of carbonyl (C=O) groups excluding carboxylic acids is 1. The molecule has 5 heteroatoms. The fourth-order valence-corrected chi connectivity index (χ4v) is 3.96. The Kier molecular flexibility index (Phi) is 4.43. The van der Waals surface area contributed by atoms with Crippen molar-refractivity contribution < 1.29 is 14.3 Å². The van der Waals surface area contributed by atoms with E-state index >= 15 is 0 Å². The SMILES string of the molecule is O=Cc1cc(Cl)cc(Cl)c1OCC1CCC2(CCCC2)O1. The number of carbonyl (C=O) groups is 1. The molecule has 1 aromatic rings. The van der Waals surface area contributed by atoms with Gasteiger partial charge in [0.05, 0.1) is 22.3 Å². The minimum Gasteiger partial charge on any atom is -0.489 e. The van der Waals surface area contributed by atoms with Crippen LogP contribution in [0, 0.1) is 0 Å². The third-order valence-corrected chi connectivity index (χ3v) is 4.93. The van der Waals surface area contributed by atoms with E-state index in [1.54, 1.807) is 12.1 Å². The van der Waals surface area contributed by atoms with Crippen LogP contribution in [0.15, 0.2) is 12.1 Å². The van der Waals surface area contributed by atoms with Crippen molar-refractivity contribution in [1.29, 1.82) is 0 Å². The Balaban J connectivity index is 1.65. The van der Waals surface area contributed by atoms with Gasteiger partial charge in [0, 0.05) is 5.02 Å². The molecule has 2 fully saturated rings. The highest BCUT2D eigenvalue weighted by molar-refractivity contribution is 6.36. The van der Waals surface area contributed by atoms with Gasteiger partial charge in [0.15, 0.2) is 6.29 Å². The monoisotopic (exact) mass is 328 g/mol. The summed E-state index contributed by atoms with van der Waals surface area (Å²) in [4.78, 5) is 11.1. The third-order valence-electron chi connectivity index (χ3n) is 4.43. The van der Waals surface area contributed by atoms with Crippen molar-refractivity contribution in [1.82, 2.24) is 0 Å². The van der Waals surface area contributed by atoms with Crippen molar-refractivity contribution >= 4 is 29.5 Å². The molecule has 1 saturated heterocycles. The zero-order valence-electron chi connectivity index (χ0n) is 11.7. The van der Waals surface area contributed by atoms with E-state index in [1.807, 2.05) is 0 Å². The summed E-state index contributed by atoms with van der Waals surface area (Å²) in [5.41, 5.74) is 0.465. The van der Waals surface area contributed by atoms with E-state index in [2.05, 4.69) is 0 Å². The van der Waals surface area contributed by atoms with Crippen LogP contribution >= 0.6 is 23.2 Å². The Bertz CT molecular complexity index is 539. The molecule has 0 radical (unpaired) electrons. The summed E-state index contributed by atoms with van der Waals surface area (Å²) in [6.45, 7) is 0.421. The molecule has 114 valence electrons. The molecule has 1 heterocycles. The Hall–Kier alpha value is -0.770. The average molecular weight is 329 g/mol. The van der Waals surface area contributed by atoms with E-state index in [4.69, 9.17) is 32.7 Å². The van der Waals surface area contributed by atoms with Crippen molar-refractivity contribution in [2.45, 2.75) is 50.2 Å². The quantitative estimate of drug-likeness (QED) is 0.753. The van der Waals surface area contributed by atoms with Crippen LogP contribution in [-0.2, 0) is 4.74 Å². The first-order chi connectivity index (χ1) is 10.1. The van der Waals surface area contributed by atoms with Crippen molar-refractivity contribution in [3.63, 3.8) is 0 Å². The van der Waals surface area contributed by atoms with Gasteiger partial charge in [0.2, 0.25) is 0 Å². The van der Waals surface area contributed by atoms with Crippen LogP contribution in [0.25, 0.3) is 0 Å². The summed E-state index contributed by atoms with van der Waals surface area (Å²) in [7, 11) is 0. The minimum atomic E-state index is 0.0781. The lowest BCUT2D eigenvalue weighted by Crippen LogP contribution is -2.27. The fourth-order valence-electron chi connectivity index (χ4n) is 3.40. The van der Waals surface area contributed by atoms with Crippen LogP contribution in [0.5, 0.6) is 5.75 Å². The summed E-state index contributed by atoms with van der Waals surface area (Å²) in [6, 6.07) is 3.14. The van der Waals surface area contributed by atoms with Crippen molar-refractivity contribution in [3.05, 3.63) is 27.7 Å². The first-order valence-corrected chi connectivity index (χ1v) is 8.12. The normalized spacial score (nSPS) is 23.6. The molecule has 0 aromatic heterocycles. The summed E-state index contributed by atoms with van der Waals surface area (Å²) in [5.74, 6) is 0.395. The lowest BCUT2D eigenvalue weighted by molar-refractivity contribution is -0.0509. The zero-order chi connectivity index (χ0) is 14.9. The van der Waals surface area contributed by atoms with Gasteiger partial charge in [-0.2, -0.15) is 0 Å². The van der Waals surface area contributed by atoms with Crippen LogP contribution in [0.4, 0.5) is 0 Å². The molecule has 21 heavy (non-hydrogen) atoms. The average Bonchev–Trinajstić information content (AvgIpc) is 3.08. The van der Waals surface area contributed by atoms with Crippen LogP contribution in [-0.4, -0.2) is 24.6 Å². The van der Waals surface area contributed by atoms with E-state index in [0.29, 0.717) is 34.3 Å². The van der Waals surface area contributed by atoms with E-state index in [9.17, 15) is 4.79 Å². The molecule has 3 rings (SSSR count). The van der Waals surface area contributed by atoms with E-state index in [1.165, 1.54) is 12.8 Å². The second-order valence-electron chi connectivity index (χ2n) is 5.90. The zero-order valence-corrected chi connectivity index (χ0v) is 13.3. The maximum absolute atomic E-state index is 11.1. The number of aldehydes is 1. The van der Waals surface area contributed by atoms with Gasteiger partial charge in [0.25, 0.3) is 0 Å². The van der Waals surface area contributed by atoms with Crippen molar-refractivity contribution in [2.24, 2.45) is 0 Å². The van der Waals surface area contributed by atoms with Crippen molar-refractivity contribution in [3.8, 4) is 5.75 Å². The number of hydrogen-bond donors (Lipinski definition) is 0. The van der Waals surface area contributed by atoms with Crippen LogP contribution < -0.4 is 4.74 Å². The summed E-state index contributed by atoms with van der Waals surface area (Å²) in [6.07, 6.45) is 7.72. The van der Waals surface area contributed by atoms with Gasteiger partial charge in [0.1, 0.15) is 12.4 Å². The predicted octanol–water partition coefficient (Wildman–Crippen LogP) is 4.68. The summed E-state index contributed by atoms with van der Waals surface area (Å²) < 4.78 is 11.9. The Labute approximate surface area is 134 Å². The van der Waals surface area contributed by atoms with E-state index in [-0.39, 0.29) is 11.7 Å². The number of hydrogen-bond acceptors (Lipinski definition) is 3. The number of benzene rings is 1. The Morgan fingerprint density at radius 2 is 2.05 bits per heavy atom. The highest BCUT2D eigenvalue weighted by Crippen LogP contribution is 2.43. The van der Waals surface area contributed by atoms with Gasteiger partial charge in [-0.1, -0.05) is 36.0 Å². The van der Waals surface area contributed by atoms with Gasteiger partial charge in [-0.15, -0.1) is 0 Å². The lowest BCUT2D eigenvalue weighted by atomic mass is 9.98. The fraction of sp³-hybridized carbons (Fsp3) is 0.562. The molecule has 1 saturated carbocycles. The molecular weight excluding hydrogens is 311 g/mol. The molecule has 1 aromatic carbocycles. The third kappa shape index (κ3) is 3.20. The topological polar surface area (TPSA) is 35.5 Å². The first-order valence-electron chi connectivity index (χ1n) is 7.37. The molecule has 1 aliphatic carbocycles. The standard InChI is InChI=1S/C16H18Cl2O3/c17-12-7-11(9-19)15(14(18)8-12)20-10-13-3-6-16(21-13)4-1-2-5-16/h7-9,13H,1-6,10H2. The van der Waals surface area contributed by atoms with Crippen molar-refractivity contribution in [2.75, 3.05) is 6.61 Å². The van der Waals surface area contributed by atoms with Crippen LogP contribution in [0.3, 0.4) is 0 Å². The summed E-state index contributed by atoms with van der Waals surface area (Å²) in [5, 5.41) is 0.787. The molecule has 1 unspecified atom stereocenters. The lowest BCUT2D eigenvalue weighted by Gasteiger charge is -2.24. The van der Waals surface area contributed by atoms with Gasteiger partial charge in [-0.05, 0) is 37.8 Å². The molecule has 0 amide bonds. The van der Waals surface area contributed by atoms with Gasteiger partial charge in [-0.25, -0.2) is 0 Å². The molecule has 2 aliphatic rings. The van der Waals surface area contributed by atoms with E-state index in [0.717, 1.165) is 25.7 Å². The number of halogens is 2. The molecular formula is C16H18Cl2O3. The highest BCUT2D eigenvalue weighted by atomic mass is 35.5. The van der Waals surface area contributed by atoms with Gasteiger partial charge in [-0.3, -0.25) is 4.79 Å². The smallest absolute Gasteiger partial charge is 0.153 e. The van der Waals surface area contributed by atoms with Crippen LogP contribution in [0.2, 0.25) is 10.0 Å². The molecule has 0 bridgehead atoms. The second kappa shape index (κ2) is 6.15. The summed E-state index contributed by atoms with van der Waals surface area (Å²) >= 11 is 12.0. The van der Waals surface area contributed by atoms with E-state index < -0.39 is 0 Å². The van der Waals surface area contributed by atoms with Crippen LogP contribution in [0.1, 0.15) is 48.9 Å². The first kappa shape index (κ1) is 15.1. The molecule has 3 nitrogen and oxygen atoms in total. The molecule has 1 atom stereocenters. The molecule has 0 N–H and O–H groups in total. The Morgan fingerprint density at radius 3 is 2.76 bits per heavy atom. The Morgan fingerprint density at radius 1 is 1.29 bits per heavy atom. The maximum Gasteiger partial charge on any atom is 0.153 e. The maximum atomic E-state index is 11.1. The van der Waals surface area contributed by atoms with Gasteiger partial charge >= 0.3 is 0 Å². The molecule has 1 aliphatic heterocycles. The highest BCUT2D eigenvalue weighted by Gasteiger charge is 2.42. The predicted molar refractivity (Wildman–Crippen MR) is 82.7 cm³/mol. The number of ether oxygens (including phenoxy) is 2. The number of rotatable bonds is 4. The second-order valence-corrected chi connectivity index (χ2v) is 6.75. The van der Waals surface area contributed by atoms with Gasteiger partial charge < -0.3 is 9.47 Å².